The number of aryl methyl sites for hydroxylation is 1. The van der Waals surface area contributed by atoms with Crippen LogP contribution in [0.2, 0.25) is 0 Å². The SMILES string of the molecule is Cc1cccc(S(=O)Cc2ncnn2C(C)C)c1N. The van der Waals surface area contributed by atoms with Crippen molar-refractivity contribution in [2.24, 2.45) is 0 Å². The Kier molecular flexibility index (Phi) is 3.99. The molecule has 0 aliphatic rings. The number of benzene rings is 1. The van der Waals surface area contributed by atoms with Gasteiger partial charge in [0.25, 0.3) is 0 Å². The third-order valence-electron chi connectivity index (χ3n) is 2.93. The lowest BCUT2D eigenvalue weighted by Crippen LogP contribution is -2.11. The first-order valence-electron chi connectivity index (χ1n) is 6.12. The molecule has 0 fully saturated rings. The molecule has 102 valence electrons. The highest BCUT2D eigenvalue weighted by molar-refractivity contribution is 7.84. The molecule has 0 radical (unpaired) electrons. The Labute approximate surface area is 115 Å². The van der Waals surface area contributed by atoms with E-state index in [1.165, 1.54) is 6.33 Å². The fourth-order valence-corrected chi connectivity index (χ4v) is 3.09. The van der Waals surface area contributed by atoms with Gasteiger partial charge in [-0.15, -0.1) is 0 Å². The van der Waals surface area contributed by atoms with Crippen molar-refractivity contribution in [3.63, 3.8) is 0 Å². The van der Waals surface area contributed by atoms with Crippen LogP contribution in [0.3, 0.4) is 0 Å². The van der Waals surface area contributed by atoms with E-state index < -0.39 is 10.8 Å². The highest BCUT2D eigenvalue weighted by Gasteiger charge is 2.15. The molecule has 0 saturated carbocycles. The van der Waals surface area contributed by atoms with Gasteiger partial charge in [0.2, 0.25) is 0 Å². The number of hydrogen-bond donors (Lipinski definition) is 1. The Bertz CT molecular complexity index is 606. The first kappa shape index (κ1) is 13.7. The third-order valence-corrected chi connectivity index (χ3v) is 4.29. The topological polar surface area (TPSA) is 73.8 Å². The van der Waals surface area contributed by atoms with Crippen molar-refractivity contribution < 1.29 is 4.21 Å². The molecule has 19 heavy (non-hydrogen) atoms. The first-order valence-corrected chi connectivity index (χ1v) is 7.44. The van der Waals surface area contributed by atoms with Crippen molar-refractivity contribution in [2.75, 3.05) is 5.73 Å². The predicted octanol–water partition coefficient (Wildman–Crippen LogP) is 2.06. The molecule has 0 aliphatic carbocycles. The zero-order valence-electron chi connectivity index (χ0n) is 11.3. The van der Waals surface area contributed by atoms with Crippen LogP contribution >= 0.6 is 0 Å². The molecular weight excluding hydrogens is 260 g/mol. The second kappa shape index (κ2) is 5.52. The van der Waals surface area contributed by atoms with Gasteiger partial charge in [0.05, 0.1) is 27.1 Å². The summed E-state index contributed by atoms with van der Waals surface area (Å²) in [5.74, 6) is 1.04. The van der Waals surface area contributed by atoms with Gasteiger partial charge in [-0.2, -0.15) is 5.10 Å². The summed E-state index contributed by atoms with van der Waals surface area (Å²) in [5.41, 5.74) is 7.51. The maximum Gasteiger partial charge on any atom is 0.140 e. The van der Waals surface area contributed by atoms with Gasteiger partial charge >= 0.3 is 0 Å². The smallest absolute Gasteiger partial charge is 0.140 e. The molecule has 0 aliphatic heterocycles. The van der Waals surface area contributed by atoms with Crippen LogP contribution in [0.25, 0.3) is 0 Å². The highest BCUT2D eigenvalue weighted by atomic mass is 32.2. The zero-order valence-corrected chi connectivity index (χ0v) is 12.1. The fourth-order valence-electron chi connectivity index (χ4n) is 1.86. The molecule has 2 N–H and O–H groups in total. The van der Waals surface area contributed by atoms with Gasteiger partial charge in [-0.1, -0.05) is 12.1 Å². The van der Waals surface area contributed by atoms with E-state index in [0.717, 1.165) is 5.56 Å². The number of nitrogens with zero attached hydrogens (tertiary/aromatic N) is 3. The van der Waals surface area contributed by atoms with Crippen LogP contribution in [0, 0.1) is 6.92 Å². The largest absolute Gasteiger partial charge is 0.398 e. The van der Waals surface area contributed by atoms with E-state index >= 15 is 0 Å². The van der Waals surface area contributed by atoms with Crippen molar-refractivity contribution in [1.82, 2.24) is 14.8 Å². The standard InChI is InChI=1S/C13H18N4OS/c1-9(2)17-12(15-8-16-17)7-19(18)11-6-4-5-10(3)13(11)14/h4-6,8-9H,7,14H2,1-3H3. The van der Waals surface area contributed by atoms with E-state index in [1.807, 2.05) is 32.9 Å². The van der Waals surface area contributed by atoms with Crippen molar-refractivity contribution >= 4 is 16.5 Å². The second-order valence-electron chi connectivity index (χ2n) is 4.69. The quantitative estimate of drug-likeness (QED) is 0.869. The van der Waals surface area contributed by atoms with Gasteiger partial charge in [0.1, 0.15) is 12.2 Å². The first-order chi connectivity index (χ1) is 9.00. The molecule has 1 unspecified atom stereocenters. The van der Waals surface area contributed by atoms with Gasteiger partial charge in [0.15, 0.2) is 0 Å². The van der Waals surface area contributed by atoms with Gasteiger partial charge in [0, 0.05) is 6.04 Å². The summed E-state index contributed by atoms with van der Waals surface area (Å²) in [4.78, 5) is 4.84. The summed E-state index contributed by atoms with van der Waals surface area (Å²) in [7, 11) is -1.21. The molecule has 1 atom stereocenters. The summed E-state index contributed by atoms with van der Waals surface area (Å²) < 4.78 is 14.2. The van der Waals surface area contributed by atoms with Crippen LogP contribution in [0.4, 0.5) is 5.69 Å². The van der Waals surface area contributed by atoms with Gasteiger partial charge in [-0.25, -0.2) is 9.67 Å². The molecule has 2 rings (SSSR count). The maximum atomic E-state index is 12.4. The Morgan fingerprint density at radius 3 is 2.84 bits per heavy atom. The number of nitrogen functional groups attached to an aromatic ring is 1. The molecule has 1 aromatic heterocycles. The highest BCUT2D eigenvalue weighted by Crippen LogP contribution is 2.22. The lowest BCUT2D eigenvalue weighted by atomic mass is 10.2. The van der Waals surface area contributed by atoms with E-state index in [1.54, 1.807) is 10.7 Å². The molecule has 0 amide bonds. The summed E-state index contributed by atoms with van der Waals surface area (Å²) in [6.45, 7) is 5.94. The Balaban J connectivity index is 2.26. The summed E-state index contributed by atoms with van der Waals surface area (Å²) >= 11 is 0. The number of hydrogen-bond acceptors (Lipinski definition) is 4. The molecule has 1 aromatic carbocycles. The van der Waals surface area contributed by atoms with Crippen molar-refractivity contribution in [2.45, 2.75) is 37.5 Å². The van der Waals surface area contributed by atoms with Crippen molar-refractivity contribution in [1.29, 1.82) is 0 Å². The lowest BCUT2D eigenvalue weighted by molar-refractivity contribution is 0.513. The molecular formula is C13H18N4OS. The van der Waals surface area contributed by atoms with Crippen molar-refractivity contribution in [3.05, 3.63) is 35.9 Å². The second-order valence-corrected chi connectivity index (χ2v) is 6.11. The number of anilines is 1. The molecule has 0 saturated heterocycles. The van der Waals surface area contributed by atoms with E-state index in [0.29, 0.717) is 22.2 Å². The molecule has 6 heteroatoms. The fraction of sp³-hybridized carbons (Fsp3) is 0.385. The Morgan fingerprint density at radius 1 is 1.42 bits per heavy atom. The van der Waals surface area contributed by atoms with Crippen LogP contribution < -0.4 is 5.73 Å². The van der Waals surface area contributed by atoms with E-state index in [4.69, 9.17) is 5.73 Å². The van der Waals surface area contributed by atoms with E-state index in [-0.39, 0.29) is 6.04 Å². The number of para-hydroxylation sites is 1. The molecule has 0 spiro atoms. The zero-order chi connectivity index (χ0) is 14.0. The van der Waals surface area contributed by atoms with Gasteiger partial charge in [-0.05, 0) is 32.4 Å². The predicted molar refractivity (Wildman–Crippen MR) is 76.1 cm³/mol. The monoisotopic (exact) mass is 278 g/mol. The van der Waals surface area contributed by atoms with Crippen LogP contribution in [-0.2, 0) is 16.6 Å². The van der Waals surface area contributed by atoms with Crippen molar-refractivity contribution in [3.8, 4) is 0 Å². The third kappa shape index (κ3) is 2.84. The number of aromatic nitrogens is 3. The van der Waals surface area contributed by atoms with Crippen LogP contribution in [0.5, 0.6) is 0 Å². The minimum atomic E-state index is -1.21. The molecule has 0 bridgehead atoms. The average molecular weight is 278 g/mol. The van der Waals surface area contributed by atoms with E-state index in [2.05, 4.69) is 10.1 Å². The lowest BCUT2D eigenvalue weighted by Gasteiger charge is -2.11. The normalized spacial score (nSPS) is 12.8. The molecule has 1 heterocycles. The minimum Gasteiger partial charge on any atom is -0.398 e. The Hall–Kier alpha value is -1.69. The molecule has 5 nitrogen and oxygen atoms in total. The summed E-state index contributed by atoms with van der Waals surface area (Å²) in [6, 6.07) is 5.78. The van der Waals surface area contributed by atoms with Crippen LogP contribution in [0.1, 0.15) is 31.3 Å². The van der Waals surface area contributed by atoms with Crippen LogP contribution in [-0.4, -0.2) is 19.0 Å². The van der Waals surface area contributed by atoms with Gasteiger partial charge in [-0.3, -0.25) is 4.21 Å². The number of rotatable bonds is 4. The van der Waals surface area contributed by atoms with E-state index in [9.17, 15) is 4.21 Å². The maximum absolute atomic E-state index is 12.4. The van der Waals surface area contributed by atoms with Gasteiger partial charge < -0.3 is 5.73 Å². The van der Waals surface area contributed by atoms with Crippen LogP contribution in [0.15, 0.2) is 29.4 Å². The summed E-state index contributed by atoms with van der Waals surface area (Å²) in [6.07, 6.45) is 1.49. The summed E-state index contributed by atoms with van der Waals surface area (Å²) in [5, 5.41) is 4.14. The Morgan fingerprint density at radius 2 is 2.16 bits per heavy atom. The molecule has 2 aromatic rings. The number of nitrogens with two attached hydrogens (primary N) is 1. The average Bonchev–Trinajstić information content (AvgIpc) is 2.80. The minimum absolute atomic E-state index is 0.198.